The first-order chi connectivity index (χ1) is 13.0. The fourth-order valence-electron chi connectivity index (χ4n) is 2.50. The first-order valence-electron chi connectivity index (χ1n) is 8.09. The van der Waals surface area contributed by atoms with E-state index in [-0.39, 0.29) is 17.6 Å². The van der Waals surface area contributed by atoms with Crippen LogP contribution in [0.4, 0.5) is 15.8 Å². The Labute approximate surface area is 159 Å². The summed E-state index contributed by atoms with van der Waals surface area (Å²) in [5.74, 6) is -0.416. The summed E-state index contributed by atoms with van der Waals surface area (Å²) < 4.78 is 19.1. The van der Waals surface area contributed by atoms with Crippen LogP contribution in [0.15, 0.2) is 54.6 Å². The third kappa shape index (κ3) is 4.32. The van der Waals surface area contributed by atoms with Crippen molar-refractivity contribution in [1.29, 1.82) is 0 Å². The number of carbonyl (C=O) groups is 2. The van der Waals surface area contributed by atoms with Crippen molar-refractivity contribution in [2.75, 3.05) is 17.7 Å². The largest absolute Gasteiger partial charge is 0.497 e. The second kappa shape index (κ2) is 8.01. The molecule has 1 heterocycles. The number of nitrogens with one attached hydrogen (secondary N) is 2. The second-order valence-electron chi connectivity index (χ2n) is 5.69. The zero-order valence-corrected chi connectivity index (χ0v) is 15.5. The number of anilines is 2. The van der Waals surface area contributed by atoms with Crippen molar-refractivity contribution < 1.29 is 18.7 Å². The Morgan fingerprint density at radius 1 is 1.00 bits per heavy atom. The molecule has 0 bridgehead atoms. The van der Waals surface area contributed by atoms with Crippen molar-refractivity contribution in [3.8, 4) is 16.2 Å². The van der Waals surface area contributed by atoms with Crippen LogP contribution in [0.25, 0.3) is 10.4 Å². The van der Waals surface area contributed by atoms with Gasteiger partial charge in [0.05, 0.1) is 23.4 Å². The summed E-state index contributed by atoms with van der Waals surface area (Å²) in [5, 5.41) is 5.43. The zero-order valence-electron chi connectivity index (χ0n) is 14.7. The average molecular weight is 384 g/mol. The Balaban J connectivity index is 1.86. The molecule has 2 aromatic carbocycles. The predicted octanol–water partition coefficient (Wildman–Crippen LogP) is 4.77. The Morgan fingerprint density at radius 2 is 1.78 bits per heavy atom. The van der Waals surface area contributed by atoms with Gasteiger partial charge in [0.2, 0.25) is 5.91 Å². The number of halogens is 1. The van der Waals surface area contributed by atoms with Gasteiger partial charge in [-0.05, 0) is 30.3 Å². The number of methoxy groups -OCH3 is 1. The third-order valence-electron chi connectivity index (χ3n) is 3.75. The summed E-state index contributed by atoms with van der Waals surface area (Å²) in [6, 6.07) is 14.7. The van der Waals surface area contributed by atoms with Crippen LogP contribution in [0.5, 0.6) is 5.75 Å². The van der Waals surface area contributed by atoms with E-state index >= 15 is 0 Å². The number of benzene rings is 2. The van der Waals surface area contributed by atoms with Gasteiger partial charge < -0.3 is 15.4 Å². The van der Waals surface area contributed by atoms with Gasteiger partial charge in [0.25, 0.3) is 5.91 Å². The van der Waals surface area contributed by atoms with Gasteiger partial charge >= 0.3 is 0 Å². The van der Waals surface area contributed by atoms with Gasteiger partial charge in [0, 0.05) is 23.4 Å². The molecule has 1 aromatic heterocycles. The monoisotopic (exact) mass is 384 g/mol. The van der Waals surface area contributed by atoms with Crippen molar-refractivity contribution >= 4 is 34.5 Å². The Hall–Kier alpha value is -3.19. The molecule has 3 rings (SSSR count). The Morgan fingerprint density at radius 3 is 2.48 bits per heavy atom. The van der Waals surface area contributed by atoms with Gasteiger partial charge in [-0.1, -0.05) is 18.2 Å². The first-order valence-corrected chi connectivity index (χ1v) is 8.91. The Bertz CT molecular complexity index is 1000. The molecule has 0 unspecified atom stereocenters. The molecule has 3 aromatic rings. The van der Waals surface area contributed by atoms with Crippen LogP contribution in [0.3, 0.4) is 0 Å². The number of ether oxygens (including phenoxy) is 1. The number of hydrogen-bond acceptors (Lipinski definition) is 4. The van der Waals surface area contributed by atoms with Crippen molar-refractivity contribution in [3.63, 3.8) is 0 Å². The zero-order chi connectivity index (χ0) is 19.4. The highest BCUT2D eigenvalue weighted by molar-refractivity contribution is 7.17. The second-order valence-corrected chi connectivity index (χ2v) is 6.77. The molecule has 0 spiro atoms. The van der Waals surface area contributed by atoms with Gasteiger partial charge in [-0.2, -0.15) is 0 Å². The summed E-state index contributed by atoms with van der Waals surface area (Å²) in [4.78, 5) is 25.1. The standard InChI is InChI=1S/C20H17FN2O3S/c1-12(24)22-16-8-7-13(26-2)11-17(16)23-20(25)19-10-9-18(27-19)14-5-3-4-6-15(14)21/h3-11H,1-2H3,(H,22,24)(H,23,25). The minimum atomic E-state index is -0.359. The lowest BCUT2D eigenvalue weighted by Gasteiger charge is -2.12. The summed E-state index contributed by atoms with van der Waals surface area (Å²) >= 11 is 1.19. The Kier molecular flexibility index (Phi) is 5.52. The number of amides is 2. The molecule has 2 N–H and O–H groups in total. The molecule has 2 amide bonds. The van der Waals surface area contributed by atoms with E-state index in [4.69, 9.17) is 4.74 Å². The maximum absolute atomic E-state index is 13.9. The molecule has 0 fully saturated rings. The van der Waals surface area contributed by atoms with Crippen LogP contribution in [0.1, 0.15) is 16.6 Å². The van der Waals surface area contributed by atoms with Crippen LogP contribution in [0.2, 0.25) is 0 Å². The highest BCUT2D eigenvalue weighted by atomic mass is 32.1. The van der Waals surface area contributed by atoms with Gasteiger partial charge in [0.15, 0.2) is 0 Å². The number of rotatable bonds is 5. The highest BCUT2D eigenvalue weighted by Crippen LogP contribution is 2.32. The summed E-state index contributed by atoms with van der Waals surface area (Å²) in [6.45, 7) is 1.38. The summed E-state index contributed by atoms with van der Waals surface area (Å²) in [7, 11) is 1.51. The summed E-state index contributed by atoms with van der Waals surface area (Å²) in [6.07, 6.45) is 0. The molecule has 5 nitrogen and oxygen atoms in total. The molecule has 138 valence electrons. The lowest BCUT2D eigenvalue weighted by Crippen LogP contribution is -2.14. The van der Waals surface area contributed by atoms with E-state index in [0.717, 1.165) is 0 Å². The van der Waals surface area contributed by atoms with Crippen molar-refractivity contribution in [1.82, 2.24) is 0 Å². The lowest BCUT2D eigenvalue weighted by atomic mass is 10.2. The molecule has 0 saturated heterocycles. The topological polar surface area (TPSA) is 67.4 Å². The fraction of sp³-hybridized carbons (Fsp3) is 0.100. The van der Waals surface area contributed by atoms with E-state index in [1.54, 1.807) is 48.5 Å². The first kappa shape index (κ1) is 18.6. The maximum atomic E-state index is 13.9. The van der Waals surface area contributed by atoms with Gasteiger partial charge in [-0.15, -0.1) is 11.3 Å². The van der Waals surface area contributed by atoms with E-state index in [1.165, 1.54) is 31.4 Å². The van der Waals surface area contributed by atoms with Gasteiger partial charge in [-0.3, -0.25) is 9.59 Å². The average Bonchev–Trinajstić information content (AvgIpc) is 3.13. The van der Waals surface area contributed by atoms with E-state index in [1.807, 2.05) is 0 Å². The number of thiophene rings is 1. The van der Waals surface area contributed by atoms with Crippen molar-refractivity contribution in [2.45, 2.75) is 6.92 Å². The molecule has 0 aliphatic carbocycles. The molecule has 0 atom stereocenters. The molecule has 0 aliphatic rings. The molecule has 27 heavy (non-hydrogen) atoms. The minimum absolute atomic E-state index is 0.256. The maximum Gasteiger partial charge on any atom is 0.265 e. The normalized spacial score (nSPS) is 10.3. The van der Waals surface area contributed by atoms with E-state index < -0.39 is 0 Å². The van der Waals surface area contributed by atoms with Crippen molar-refractivity contribution in [2.24, 2.45) is 0 Å². The van der Waals surface area contributed by atoms with Crippen LogP contribution < -0.4 is 15.4 Å². The van der Waals surface area contributed by atoms with Crippen LogP contribution in [-0.4, -0.2) is 18.9 Å². The minimum Gasteiger partial charge on any atom is -0.497 e. The van der Waals surface area contributed by atoms with E-state index in [2.05, 4.69) is 10.6 Å². The van der Waals surface area contributed by atoms with Crippen LogP contribution in [0, 0.1) is 5.82 Å². The third-order valence-corrected chi connectivity index (χ3v) is 4.87. The summed E-state index contributed by atoms with van der Waals surface area (Å²) in [5.41, 5.74) is 1.32. The molecule has 0 aliphatic heterocycles. The predicted molar refractivity (Wildman–Crippen MR) is 105 cm³/mol. The quantitative estimate of drug-likeness (QED) is 0.666. The van der Waals surface area contributed by atoms with Crippen LogP contribution in [-0.2, 0) is 4.79 Å². The van der Waals surface area contributed by atoms with Crippen molar-refractivity contribution in [3.05, 3.63) is 65.3 Å². The smallest absolute Gasteiger partial charge is 0.265 e. The van der Waals surface area contributed by atoms with E-state index in [0.29, 0.717) is 32.4 Å². The fourth-order valence-corrected chi connectivity index (χ4v) is 3.43. The SMILES string of the molecule is COc1ccc(NC(C)=O)c(NC(=O)c2ccc(-c3ccccc3F)s2)c1. The highest BCUT2D eigenvalue weighted by Gasteiger charge is 2.15. The lowest BCUT2D eigenvalue weighted by molar-refractivity contribution is -0.114. The van der Waals surface area contributed by atoms with Gasteiger partial charge in [-0.25, -0.2) is 4.39 Å². The molecule has 0 saturated carbocycles. The number of hydrogen-bond donors (Lipinski definition) is 2. The molecule has 0 radical (unpaired) electrons. The molecular formula is C20H17FN2O3S. The van der Waals surface area contributed by atoms with Gasteiger partial charge in [0.1, 0.15) is 11.6 Å². The van der Waals surface area contributed by atoms with Crippen LogP contribution >= 0.6 is 11.3 Å². The molecular weight excluding hydrogens is 367 g/mol. The number of carbonyl (C=O) groups excluding carboxylic acids is 2. The molecule has 7 heteroatoms. The van der Waals surface area contributed by atoms with E-state index in [9.17, 15) is 14.0 Å².